The molecule has 0 heterocycles. The normalized spacial score (nSPS) is 16.8. The molecule has 0 spiro atoms. The Labute approximate surface area is 116 Å². The first-order chi connectivity index (χ1) is 9.15. The lowest BCUT2D eigenvalue weighted by molar-refractivity contribution is -0.137. The van der Waals surface area contributed by atoms with E-state index in [0.29, 0.717) is 6.42 Å². The molecule has 0 radical (unpaired) electrons. The summed E-state index contributed by atoms with van der Waals surface area (Å²) in [6, 6.07) is 4.61. The van der Waals surface area contributed by atoms with Gasteiger partial charge in [0.05, 0.1) is 17.3 Å². The van der Waals surface area contributed by atoms with E-state index >= 15 is 0 Å². The Balaban J connectivity index is 2.62. The fourth-order valence-corrected chi connectivity index (χ4v) is 1.64. The van der Waals surface area contributed by atoms with Crippen molar-refractivity contribution < 1.29 is 23.4 Å². The van der Waals surface area contributed by atoms with Crippen molar-refractivity contribution in [3.63, 3.8) is 0 Å². The smallest absolute Gasteiger partial charge is 0.389 e. The lowest BCUT2D eigenvalue weighted by Crippen LogP contribution is -2.38. The third kappa shape index (κ3) is 5.11. The summed E-state index contributed by atoms with van der Waals surface area (Å²) in [4.78, 5) is 0. The number of halogens is 3. The molecule has 0 bridgehead atoms. The number of hydrogen-bond donors (Lipinski definition) is 3. The molecule has 1 rings (SSSR count). The van der Waals surface area contributed by atoms with Crippen LogP contribution in [-0.4, -0.2) is 28.9 Å². The van der Waals surface area contributed by atoms with Crippen LogP contribution in [0.3, 0.4) is 0 Å². The zero-order valence-electron chi connectivity index (χ0n) is 11.5. The van der Waals surface area contributed by atoms with Crippen molar-refractivity contribution in [1.82, 2.24) is 5.32 Å². The Kier molecular flexibility index (Phi) is 5.56. The molecule has 1 aromatic rings. The van der Waals surface area contributed by atoms with E-state index in [1.54, 1.807) is 6.92 Å². The number of benzene rings is 1. The van der Waals surface area contributed by atoms with Crippen LogP contribution in [0.1, 0.15) is 37.5 Å². The SMILES string of the molecule is CCC(C)(O)CNCC(O)c1cccc(C(F)(F)F)c1. The molecular formula is C14H20F3NO2. The molecule has 0 saturated heterocycles. The van der Waals surface area contributed by atoms with Crippen LogP contribution >= 0.6 is 0 Å². The van der Waals surface area contributed by atoms with Gasteiger partial charge in [-0.2, -0.15) is 13.2 Å². The van der Waals surface area contributed by atoms with E-state index in [0.717, 1.165) is 12.1 Å². The summed E-state index contributed by atoms with van der Waals surface area (Å²) in [7, 11) is 0. The van der Waals surface area contributed by atoms with E-state index in [-0.39, 0.29) is 18.7 Å². The molecule has 1 aromatic carbocycles. The second-order valence-corrected chi connectivity index (χ2v) is 5.12. The fraction of sp³-hybridized carbons (Fsp3) is 0.571. The van der Waals surface area contributed by atoms with Crippen molar-refractivity contribution in [1.29, 1.82) is 0 Å². The van der Waals surface area contributed by atoms with E-state index in [1.165, 1.54) is 12.1 Å². The summed E-state index contributed by atoms with van der Waals surface area (Å²) >= 11 is 0. The topological polar surface area (TPSA) is 52.5 Å². The molecule has 0 aliphatic carbocycles. The standard InChI is InChI=1S/C14H20F3NO2/c1-3-13(2,20)9-18-8-12(19)10-5-4-6-11(7-10)14(15,16)17/h4-7,12,18-20H,3,8-9H2,1-2H3. The van der Waals surface area contributed by atoms with Crippen molar-refractivity contribution in [2.24, 2.45) is 0 Å². The predicted molar refractivity (Wildman–Crippen MR) is 70.2 cm³/mol. The molecular weight excluding hydrogens is 271 g/mol. The average Bonchev–Trinajstić information content (AvgIpc) is 2.37. The molecule has 2 atom stereocenters. The number of aliphatic hydroxyl groups is 2. The van der Waals surface area contributed by atoms with Crippen LogP contribution in [-0.2, 0) is 6.18 Å². The molecule has 0 aliphatic heterocycles. The highest BCUT2D eigenvalue weighted by Gasteiger charge is 2.30. The van der Waals surface area contributed by atoms with Crippen LogP contribution in [0.25, 0.3) is 0 Å². The molecule has 3 nitrogen and oxygen atoms in total. The Morgan fingerprint density at radius 3 is 2.50 bits per heavy atom. The van der Waals surface area contributed by atoms with Gasteiger partial charge in [-0.25, -0.2) is 0 Å². The number of aliphatic hydroxyl groups excluding tert-OH is 1. The van der Waals surface area contributed by atoms with Gasteiger partial charge in [-0.1, -0.05) is 19.1 Å². The molecule has 114 valence electrons. The first-order valence-electron chi connectivity index (χ1n) is 6.44. The maximum atomic E-state index is 12.6. The van der Waals surface area contributed by atoms with Crippen LogP contribution in [0, 0.1) is 0 Å². The summed E-state index contributed by atoms with van der Waals surface area (Å²) in [6.45, 7) is 3.82. The molecule has 20 heavy (non-hydrogen) atoms. The number of nitrogens with one attached hydrogen (secondary N) is 1. The molecule has 0 amide bonds. The second kappa shape index (κ2) is 6.56. The minimum atomic E-state index is -4.42. The van der Waals surface area contributed by atoms with Crippen molar-refractivity contribution in [3.05, 3.63) is 35.4 Å². The highest BCUT2D eigenvalue weighted by atomic mass is 19.4. The maximum Gasteiger partial charge on any atom is 0.416 e. The number of alkyl halides is 3. The molecule has 0 aromatic heterocycles. The quantitative estimate of drug-likeness (QED) is 0.755. The summed E-state index contributed by atoms with van der Waals surface area (Å²) < 4.78 is 37.7. The fourth-order valence-electron chi connectivity index (χ4n) is 1.64. The summed E-state index contributed by atoms with van der Waals surface area (Å²) in [5.74, 6) is 0. The monoisotopic (exact) mass is 291 g/mol. The first-order valence-corrected chi connectivity index (χ1v) is 6.44. The van der Waals surface area contributed by atoms with Crippen LogP contribution in [0.5, 0.6) is 0 Å². The van der Waals surface area contributed by atoms with E-state index in [2.05, 4.69) is 5.32 Å². The van der Waals surface area contributed by atoms with E-state index < -0.39 is 23.4 Å². The minimum absolute atomic E-state index is 0.0808. The maximum absolute atomic E-state index is 12.6. The van der Waals surface area contributed by atoms with Gasteiger partial charge in [0.25, 0.3) is 0 Å². The number of hydrogen-bond acceptors (Lipinski definition) is 3. The van der Waals surface area contributed by atoms with Gasteiger partial charge in [0, 0.05) is 13.1 Å². The zero-order valence-corrected chi connectivity index (χ0v) is 11.5. The highest BCUT2D eigenvalue weighted by Crippen LogP contribution is 2.30. The summed E-state index contributed by atoms with van der Waals surface area (Å²) in [5.41, 5.74) is -1.48. The van der Waals surface area contributed by atoms with Gasteiger partial charge >= 0.3 is 6.18 Å². The van der Waals surface area contributed by atoms with Crippen LogP contribution in [0.15, 0.2) is 24.3 Å². The molecule has 0 saturated carbocycles. The Morgan fingerprint density at radius 2 is 1.95 bits per heavy atom. The van der Waals surface area contributed by atoms with Gasteiger partial charge < -0.3 is 15.5 Å². The van der Waals surface area contributed by atoms with Crippen molar-refractivity contribution >= 4 is 0 Å². The highest BCUT2D eigenvalue weighted by molar-refractivity contribution is 5.27. The minimum Gasteiger partial charge on any atom is -0.389 e. The summed E-state index contributed by atoms with van der Waals surface area (Å²) in [5, 5.41) is 22.5. The molecule has 0 fully saturated rings. The van der Waals surface area contributed by atoms with Gasteiger partial charge in [-0.3, -0.25) is 0 Å². The van der Waals surface area contributed by atoms with Crippen molar-refractivity contribution in [3.8, 4) is 0 Å². The second-order valence-electron chi connectivity index (χ2n) is 5.12. The number of rotatable bonds is 6. The van der Waals surface area contributed by atoms with Crippen molar-refractivity contribution in [2.45, 2.75) is 38.1 Å². The predicted octanol–water partition coefficient (Wildman–Crippen LogP) is 2.49. The third-order valence-electron chi connectivity index (χ3n) is 3.20. The molecule has 6 heteroatoms. The summed E-state index contributed by atoms with van der Waals surface area (Å²) in [6.07, 6.45) is -4.93. The Hall–Kier alpha value is -1.11. The van der Waals surface area contributed by atoms with Crippen LogP contribution < -0.4 is 5.32 Å². The third-order valence-corrected chi connectivity index (χ3v) is 3.20. The van der Waals surface area contributed by atoms with Gasteiger partial charge in [0.1, 0.15) is 0 Å². The molecule has 3 N–H and O–H groups in total. The van der Waals surface area contributed by atoms with Crippen LogP contribution in [0.2, 0.25) is 0 Å². The molecule has 0 aliphatic rings. The lowest BCUT2D eigenvalue weighted by atomic mass is 10.0. The van der Waals surface area contributed by atoms with E-state index in [1.807, 2.05) is 6.92 Å². The Morgan fingerprint density at radius 1 is 1.30 bits per heavy atom. The average molecular weight is 291 g/mol. The van der Waals surface area contributed by atoms with E-state index in [4.69, 9.17) is 0 Å². The molecule has 2 unspecified atom stereocenters. The van der Waals surface area contributed by atoms with Crippen LogP contribution in [0.4, 0.5) is 13.2 Å². The Bertz CT molecular complexity index is 433. The van der Waals surface area contributed by atoms with Gasteiger partial charge in [-0.15, -0.1) is 0 Å². The van der Waals surface area contributed by atoms with Gasteiger partial charge in [0.2, 0.25) is 0 Å². The zero-order chi connectivity index (χ0) is 15.4. The first kappa shape index (κ1) is 16.9. The van der Waals surface area contributed by atoms with E-state index in [9.17, 15) is 23.4 Å². The van der Waals surface area contributed by atoms with Crippen molar-refractivity contribution in [2.75, 3.05) is 13.1 Å². The van der Waals surface area contributed by atoms with Gasteiger partial charge in [0.15, 0.2) is 0 Å². The lowest BCUT2D eigenvalue weighted by Gasteiger charge is -2.23. The van der Waals surface area contributed by atoms with Gasteiger partial charge in [-0.05, 0) is 31.0 Å². The largest absolute Gasteiger partial charge is 0.416 e.